The highest BCUT2D eigenvalue weighted by atomic mass is 31.3. The Morgan fingerprint density at radius 2 is 0.810 bits per heavy atom. The van der Waals surface area contributed by atoms with Crippen LogP contribution in [-0.2, 0) is 4.52 Å². The summed E-state index contributed by atoms with van der Waals surface area (Å²) in [6, 6.07) is 0. The monoisotopic (exact) mass is 427 g/mol. The van der Waals surface area contributed by atoms with E-state index < -0.39 is 39.0 Å². The summed E-state index contributed by atoms with van der Waals surface area (Å²) in [4.78, 5) is 0. The van der Waals surface area contributed by atoms with Gasteiger partial charge in [0.1, 0.15) is 0 Å². The van der Waals surface area contributed by atoms with E-state index in [2.05, 4.69) is 4.52 Å². The summed E-state index contributed by atoms with van der Waals surface area (Å²) in [5.41, 5.74) is 0. The third kappa shape index (κ3) is 6.24. The van der Waals surface area contributed by atoms with Crippen molar-refractivity contribution in [3.63, 3.8) is 0 Å². The molecule has 1 aliphatic heterocycles. The lowest BCUT2D eigenvalue weighted by atomic mass is 11.8. The highest BCUT2D eigenvalue weighted by molar-refractivity contribution is 7.78. The highest BCUT2D eigenvalue weighted by Gasteiger charge is 2.39. The lowest BCUT2D eigenvalue weighted by Gasteiger charge is -2.12. The first-order valence-electron chi connectivity index (χ1n) is 4.11. The van der Waals surface area contributed by atoms with Gasteiger partial charge in [-0.2, -0.15) is 4.20 Å². The molecule has 6 nitrogen and oxygen atoms in total. The van der Waals surface area contributed by atoms with Gasteiger partial charge in [0.2, 0.25) is 0 Å². The molecule has 0 aromatic rings. The molecular formula is CH3F9N5OP5. The number of nitrogens with zero attached hydrogens (tertiary/aromatic N) is 5. The van der Waals surface area contributed by atoms with E-state index in [-0.39, 0.29) is 7.11 Å². The first-order valence-corrected chi connectivity index (χ1v) is 11.5. The maximum Gasteiger partial charge on any atom is 0.425 e. The fraction of sp³-hybridized carbons (Fsp3) is 1.00. The molecule has 0 spiro atoms. The van der Waals surface area contributed by atoms with Crippen LogP contribution in [0.25, 0.3) is 0 Å². The van der Waals surface area contributed by atoms with Crippen LogP contribution in [0.3, 0.4) is 0 Å². The molecule has 20 heteroatoms. The van der Waals surface area contributed by atoms with Gasteiger partial charge < -0.3 is 4.52 Å². The fourth-order valence-electron chi connectivity index (χ4n) is 0.816. The zero-order valence-electron chi connectivity index (χ0n) is 9.28. The fourth-order valence-corrected chi connectivity index (χ4v) is 8.96. The van der Waals surface area contributed by atoms with Crippen LogP contribution in [0.1, 0.15) is 0 Å². The molecule has 0 bridgehead atoms. The summed E-state index contributed by atoms with van der Waals surface area (Å²) in [6.45, 7) is 0. The van der Waals surface area contributed by atoms with Gasteiger partial charge >= 0.3 is 39.0 Å². The van der Waals surface area contributed by atoms with E-state index in [1.54, 1.807) is 9.03 Å². The van der Waals surface area contributed by atoms with Crippen LogP contribution in [0.15, 0.2) is 22.6 Å². The van der Waals surface area contributed by atoms with Crippen molar-refractivity contribution in [3.8, 4) is 0 Å². The van der Waals surface area contributed by atoms with Crippen molar-refractivity contribution < 1.29 is 42.3 Å². The smallest absolute Gasteiger partial charge is 0.306 e. The number of hydrogen-bond acceptors (Lipinski definition) is 6. The van der Waals surface area contributed by atoms with Crippen molar-refractivity contribution in [2.24, 2.45) is 22.6 Å². The van der Waals surface area contributed by atoms with Crippen LogP contribution in [0.5, 0.6) is 0 Å². The zero-order valence-corrected chi connectivity index (χ0v) is 13.8. The quantitative estimate of drug-likeness (QED) is 0.304. The maximum absolute atomic E-state index is 13.6. The van der Waals surface area contributed by atoms with Crippen molar-refractivity contribution in [3.05, 3.63) is 0 Å². The third-order valence-corrected chi connectivity index (χ3v) is 10.4. The molecule has 0 amide bonds. The maximum atomic E-state index is 13.6. The number of hydrogen-bond donors (Lipinski definition) is 0. The SMILES string of the molecule is COP1(F)=NP(F)(F)=NP(F)(F)=NP(F)(F)=NP(F)(F)=N1. The molecule has 0 saturated heterocycles. The zero-order chi connectivity index (χ0) is 16.7. The predicted octanol–water partition coefficient (Wildman–Crippen LogP) is 9.10. The van der Waals surface area contributed by atoms with Crippen molar-refractivity contribution in [1.29, 1.82) is 0 Å². The summed E-state index contributed by atoms with van der Waals surface area (Å²) < 4.78 is 129. The van der Waals surface area contributed by atoms with Gasteiger partial charge in [-0.15, -0.1) is 56.2 Å². The first-order chi connectivity index (χ1) is 9.10. The average molecular weight is 427 g/mol. The first kappa shape index (κ1) is 19.5. The van der Waals surface area contributed by atoms with Crippen LogP contribution in [0.4, 0.5) is 37.8 Å². The van der Waals surface area contributed by atoms with Crippen LogP contribution < -0.4 is 0 Å². The molecule has 0 radical (unpaired) electrons. The molecule has 0 saturated carbocycles. The Hall–Kier alpha value is 0.480. The molecule has 1 atom stereocenters. The Kier molecular flexibility index (Phi) is 5.43. The van der Waals surface area contributed by atoms with Gasteiger partial charge in [0.05, 0.1) is 0 Å². The van der Waals surface area contributed by atoms with Crippen LogP contribution in [0, 0.1) is 0 Å². The van der Waals surface area contributed by atoms with Crippen LogP contribution >= 0.6 is 39.0 Å². The molecule has 0 aliphatic carbocycles. The molecule has 0 aromatic heterocycles. The lowest BCUT2D eigenvalue weighted by Crippen LogP contribution is -1.75. The number of rotatable bonds is 1. The minimum atomic E-state index is -6.72. The molecule has 0 aromatic carbocycles. The topological polar surface area (TPSA) is 71.0 Å². The summed E-state index contributed by atoms with van der Waals surface area (Å²) in [6.07, 6.45) is 0. The lowest BCUT2D eigenvalue weighted by molar-refractivity contribution is 0.420. The Morgan fingerprint density at radius 3 is 1.14 bits per heavy atom. The van der Waals surface area contributed by atoms with Gasteiger partial charge in [-0.25, -0.2) is 0 Å². The van der Waals surface area contributed by atoms with Gasteiger partial charge in [-0.05, 0) is 0 Å². The Bertz CT molecular complexity index is 691. The van der Waals surface area contributed by atoms with E-state index >= 15 is 0 Å². The molecule has 1 rings (SSSR count). The van der Waals surface area contributed by atoms with Gasteiger partial charge in [0.25, 0.3) is 0 Å². The van der Waals surface area contributed by atoms with E-state index in [1.165, 1.54) is 13.5 Å². The van der Waals surface area contributed by atoms with Gasteiger partial charge in [-0.3, -0.25) is 0 Å². The molecule has 1 aliphatic rings. The molecule has 126 valence electrons. The van der Waals surface area contributed by atoms with Crippen molar-refractivity contribution >= 4 is 39.0 Å². The Morgan fingerprint density at radius 1 is 0.524 bits per heavy atom. The van der Waals surface area contributed by atoms with E-state index in [0.29, 0.717) is 0 Å². The largest absolute Gasteiger partial charge is 0.425 e. The second kappa shape index (κ2) is 5.84. The van der Waals surface area contributed by atoms with Crippen LogP contribution in [-0.4, -0.2) is 7.11 Å². The molecule has 21 heavy (non-hydrogen) atoms. The van der Waals surface area contributed by atoms with E-state index in [1.807, 2.05) is 0 Å². The highest BCUT2D eigenvalue weighted by Crippen LogP contribution is 2.82. The van der Waals surface area contributed by atoms with Gasteiger partial charge in [-0.1, -0.05) is 0 Å². The molecule has 0 N–H and O–H groups in total. The van der Waals surface area contributed by atoms with Gasteiger partial charge in [0.15, 0.2) is 0 Å². The van der Waals surface area contributed by atoms with E-state index in [0.717, 1.165) is 0 Å². The third-order valence-electron chi connectivity index (χ3n) is 1.31. The minimum absolute atomic E-state index is 0.289. The summed E-state index contributed by atoms with van der Waals surface area (Å²) in [5.74, 6) is 0. The second-order valence-corrected chi connectivity index (χ2v) is 11.5. The second-order valence-electron chi connectivity index (χ2n) is 2.93. The summed E-state index contributed by atoms with van der Waals surface area (Å²) in [7, 11) is -32.2. The van der Waals surface area contributed by atoms with Crippen molar-refractivity contribution in [1.82, 2.24) is 0 Å². The normalized spacial score (nSPS) is 33.2. The van der Waals surface area contributed by atoms with E-state index in [9.17, 15) is 37.8 Å². The molecule has 0 fully saturated rings. The Labute approximate surface area is 112 Å². The minimum Gasteiger partial charge on any atom is -0.306 e. The summed E-state index contributed by atoms with van der Waals surface area (Å²) in [5, 5.41) is 0. The van der Waals surface area contributed by atoms with Crippen molar-refractivity contribution in [2.75, 3.05) is 7.11 Å². The standard InChI is InChI=1S/CH3F9N5OP5/c1-16-21(10)14-19(6,7)12-17(2,3)11-18(4,5)13-20(8,9)15-21/h1H3. The van der Waals surface area contributed by atoms with E-state index in [4.69, 9.17) is 0 Å². The molecular weight excluding hydrogens is 424 g/mol. The average Bonchev–Trinajstić information content (AvgIpc) is 2.06. The molecule has 1 heterocycles. The Balaban J connectivity index is 3.99. The predicted molar refractivity (Wildman–Crippen MR) is 63.7 cm³/mol. The van der Waals surface area contributed by atoms with Crippen molar-refractivity contribution in [2.45, 2.75) is 0 Å². The number of halogens is 9. The van der Waals surface area contributed by atoms with Gasteiger partial charge in [0, 0.05) is 7.11 Å². The molecule has 1 unspecified atom stereocenters. The van der Waals surface area contributed by atoms with Crippen LogP contribution in [0.2, 0.25) is 0 Å². The summed E-state index contributed by atoms with van der Waals surface area (Å²) >= 11 is 0.